The van der Waals surface area contributed by atoms with E-state index < -0.39 is 103 Å². The van der Waals surface area contributed by atoms with Crippen molar-refractivity contribution in [1.82, 2.24) is 10.2 Å². The van der Waals surface area contributed by atoms with Gasteiger partial charge >= 0.3 is 12.4 Å². The third-order valence-electron chi connectivity index (χ3n) is 9.44. The van der Waals surface area contributed by atoms with Gasteiger partial charge < -0.3 is 19.7 Å². The summed E-state index contributed by atoms with van der Waals surface area (Å²) >= 11 is 0. The third kappa shape index (κ3) is 6.75. The molecule has 0 saturated carbocycles. The van der Waals surface area contributed by atoms with Crippen molar-refractivity contribution in [2.45, 2.75) is 65.9 Å². The quantitative estimate of drug-likeness (QED) is 0.205. The maximum absolute atomic E-state index is 14.6. The Bertz CT molecular complexity index is 1880. The van der Waals surface area contributed by atoms with E-state index in [0.29, 0.717) is 36.4 Å². The van der Waals surface area contributed by atoms with Gasteiger partial charge in [0, 0.05) is 57.2 Å². The fourth-order valence-electron chi connectivity index (χ4n) is 6.75. The summed E-state index contributed by atoms with van der Waals surface area (Å²) in [6.45, 7) is -1.38. The summed E-state index contributed by atoms with van der Waals surface area (Å²) in [6, 6.07) is 7.74. The van der Waals surface area contributed by atoms with Crippen molar-refractivity contribution in [1.29, 1.82) is 0 Å². The third-order valence-corrected chi connectivity index (χ3v) is 11.9. The molecule has 0 aliphatic carbocycles. The highest BCUT2D eigenvalue weighted by Gasteiger charge is 2.73. The summed E-state index contributed by atoms with van der Waals surface area (Å²) < 4.78 is 166. The normalized spacial score (nSPS) is 19.8. The Morgan fingerprint density at radius 1 is 0.846 bits per heavy atom. The maximum Gasteiger partial charge on any atom is 0.430 e. The predicted octanol–water partition coefficient (Wildman–Crippen LogP) is 6.23. The Hall–Kier alpha value is -4.16. The first-order valence-corrected chi connectivity index (χ1v) is 17.2. The van der Waals surface area contributed by atoms with Gasteiger partial charge in [-0.2, -0.15) is 26.3 Å². The van der Waals surface area contributed by atoms with Crippen molar-refractivity contribution in [3.05, 3.63) is 101 Å². The first-order chi connectivity index (χ1) is 24.2. The molecule has 0 spiro atoms. The maximum atomic E-state index is 14.6. The highest BCUT2D eigenvalue weighted by Crippen LogP contribution is 2.54. The van der Waals surface area contributed by atoms with Crippen LogP contribution in [0.3, 0.4) is 0 Å². The number of nitrogens with zero attached hydrogens (tertiary/aromatic N) is 1. The summed E-state index contributed by atoms with van der Waals surface area (Å²) in [6.07, 6.45) is -12.9. The van der Waals surface area contributed by atoms with Crippen molar-refractivity contribution in [3.8, 4) is 0 Å². The number of carbonyl (C=O) groups excluding carboxylic acids is 2. The highest BCUT2D eigenvalue weighted by atomic mass is 32.2. The number of halogens is 9. The average molecular weight is 767 g/mol. The number of nitrogens with one attached hydrogen (secondary N) is 1. The molecule has 1 atom stereocenters. The van der Waals surface area contributed by atoms with E-state index in [1.807, 2.05) is 0 Å². The van der Waals surface area contributed by atoms with E-state index in [9.17, 15) is 57.5 Å². The average Bonchev–Trinajstić information content (AvgIpc) is 3.52. The minimum Gasteiger partial charge on any atom is -0.381 e. The van der Waals surface area contributed by atoms with Crippen LogP contribution >= 0.6 is 0 Å². The summed E-state index contributed by atoms with van der Waals surface area (Å²) in [7, 11) is -4.70. The van der Waals surface area contributed by atoms with E-state index in [-0.39, 0.29) is 38.2 Å². The van der Waals surface area contributed by atoms with E-state index in [0.717, 1.165) is 35.2 Å². The van der Waals surface area contributed by atoms with Crippen LogP contribution in [-0.4, -0.2) is 69.3 Å². The number of carbonyl (C=O) groups is 2. The van der Waals surface area contributed by atoms with Crippen molar-refractivity contribution in [2.24, 2.45) is 0 Å². The van der Waals surface area contributed by atoms with Crippen molar-refractivity contribution < 1.29 is 67.0 Å². The van der Waals surface area contributed by atoms with E-state index in [1.165, 1.54) is 6.92 Å². The number of hydrogen-bond acceptors (Lipinski definition) is 6. The number of alkyl halides is 6. The fraction of sp³-hybridized carbons (Fsp3) is 0.412. The van der Waals surface area contributed by atoms with Gasteiger partial charge in [0.25, 0.3) is 5.60 Å². The lowest BCUT2D eigenvalue weighted by Crippen LogP contribution is -2.61. The molecule has 8 nitrogen and oxygen atoms in total. The number of rotatable bonds is 9. The lowest BCUT2D eigenvalue weighted by molar-refractivity contribution is -0.392. The summed E-state index contributed by atoms with van der Waals surface area (Å²) in [5.41, 5.74) is -9.73. The van der Waals surface area contributed by atoms with Crippen LogP contribution in [0.2, 0.25) is 0 Å². The van der Waals surface area contributed by atoms with Gasteiger partial charge in [-0.3, -0.25) is 9.59 Å². The van der Waals surface area contributed by atoms with Gasteiger partial charge in [-0.1, -0.05) is 30.3 Å². The summed E-state index contributed by atoms with van der Waals surface area (Å²) in [4.78, 5) is 26.8. The molecule has 2 amide bonds. The molecular weight excluding hydrogens is 735 g/mol. The fourth-order valence-corrected chi connectivity index (χ4v) is 8.83. The van der Waals surface area contributed by atoms with Crippen LogP contribution in [-0.2, 0) is 45.9 Å². The topological polar surface area (TPSA) is 102 Å². The molecule has 2 fully saturated rings. The SMILES string of the molecule is CC(=O)NC1(C(=O)N2CC[C@](c3ccc(C(OCc4c(F)cccc4F)(C(F)(F)F)C(F)(F)F)cc3)(S(=O)(=O)c3ccc(F)cc3)C2)CCOCC1. The Kier molecular flexibility index (Phi) is 10.5. The molecule has 2 saturated heterocycles. The lowest BCUT2D eigenvalue weighted by atomic mass is 9.87. The van der Waals surface area contributed by atoms with Crippen molar-refractivity contribution >= 4 is 21.7 Å². The molecule has 2 aliphatic heterocycles. The molecule has 3 aromatic rings. The summed E-state index contributed by atoms with van der Waals surface area (Å²) in [5.74, 6) is -4.96. The van der Waals surface area contributed by atoms with Crippen LogP contribution in [0.1, 0.15) is 42.9 Å². The Labute approximate surface area is 291 Å². The van der Waals surface area contributed by atoms with Crippen molar-refractivity contribution in [3.63, 3.8) is 0 Å². The molecule has 3 aromatic carbocycles. The van der Waals surface area contributed by atoms with Gasteiger partial charge in [-0.25, -0.2) is 21.6 Å². The molecule has 0 radical (unpaired) electrons. The standard InChI is InChI=1S/C34H31F9N2O6S/c1-21(46)44-30(14-17-50-18-15-30)29(47)45-16-13-31(20-45,52(48,49)25-11-9-24(35)10-12-25)22-5-7-23(8-6-22)32(33(38,39)40,34(41,42)43)51-19-26-27(36)3-2-4-28(26)37/h2-12H,13-20H2,1H3,(H,44,46)/t31-/m0/s1. The zero-order valence-corrected chi connectivity index (χ0v) is 28.0. The Balaban J connectivity index is 1.62. The molecule has 2 aliphatic rings. The number of amides is 2. The molecule has 0 unspecified atom stereocenters. The molecule has 0 aromatic heterocycles. The van der Waals surface area contributed by atoms with Gasteiger partial charge in [0.1, 0.15) is 27.7 Å². The molecule has 0 bridgehead atoms. The largest absolute Gasteiger partial charge is 0.430 e. The summed E-state index contributed by atoms with van der Waals surface area (Å²) in [5, 5.41) is 2.62. The van der Waals surface area contributed by atoms with Gasteiger partial charge in [0.05, 0.1) is 11.5 Å². The second-order valence-corrected chi connectivity index (χ2v) is 14.8. The van der Waals surface area contributed by atoms with Gasteiger partial charge in [-0.15, -0.1) is 0 Å². The van der Waals surface area contributed by atoms with E-state index in [2.05, 4.69) is 10.1 Å². The number of sulfone groups is 1. The van der Waals surface area contributed by atoms with Crippen LogP contribution in [0.5, 0.6) is 0 Å². The smallest absolute Gasteiger partial charge is 0.381 e. The predicted molar refractivity (Wildman–Crippen MR) is 164 cm³/mol. The highest BCUT2D eigenvalue weighted by molar-refractivity contribution is 7.92. The molecule has 2 heterocycles. The van der Waals surface area contributed by atoms with Crippen LogP contribution in [0.15, 0.2) is 71.6 Å². The van der Waals surface area contributed by atoms with Crippen LogP contribution in [0, 0.1) is 17.5 Å². The minimum absolute atomic E-state index is 0.0298. The van der Waals surface area contributed by atoms with Crippen LogP contribution in [0.25, 0.3) is 0 Å². The van der Waals surface area contributed by atoms with Crippen molar-refractivity contribution in [2.75, 3.05) is 26.3 Å². The van der Waals surface area contributed by atoms with Gasteiger partial charge in [0.15, 0.2) is 9.84 Å². The number of benzene rings is 3. The molecule has 1 N–H and O–H groups in total. The van der Waals surface area contributed by atoms with E-state index >= 15 is 0 Å². The lowest BCUT2D eigenvalue weighted by Gasteiger charge is -2.39. The second kappa shape index (κ2) is 14.0. The van der Waals surface area contributed by atoms with Crippen LogP contribution < -0.4 is 5.32 Å². The van der Waals surface area contributed by atoms with E-state index in [1.54, 1.807) is 0 Å². The number of hydrogen-bond donors (Lipinski definition) is 1. The monoisotopic (exact) mass is 766 g/mol. The molecule has 52 heavy (non-hydrogen) atoms. The van der Waals surface area contributed by atoms with E-state index in [4.69, 9.17) is 4.74 Å². The zero-order valence-electron chi connectivity index (χ0n) is 27.2. The second-order valence-electron chi connectivity index (χ2n) is 12.5. The van der Waals surface area contributed by atoms with Gasteiger partial charge in [0.2, 0.25) is 11.8 Å². The van der Waals surface area contributed by atoms with Gasteiger partial charge in [-0.05, 0) is 48.4 Å². The first kappa shape index (κ1) is 39.1. The number of likely N-dealkylation sites (tertiary alicyclic amines) is 1. The Morgan fingerprint density at radius 3 is 1.92 bits per heavy atom. The van der Waals surface area contributed by atoms with Crippen LogP contribution in [0.4, 0.5) is 39.5 Å². The minimum atomic E-state index is -6.26. The first-order valence-electron chi connectivity index (χ1n) is 15.7. The molecule has 5 rings (SSSR count). The molecular formula is C34H31F9N2O6S. The zero-order chi connectivity index (χ0) is 38.3. The molecule has 282 valence electrons. The Morgan fingerprint density at radius 2 is 1.40 bits per heavy atom. The molecule has 18 heteroatoms. The number of ether oxygens (including phenoxy) is 2.